The highest BCUT2D eigenvalue weighted by Crippen LogP contribution is 2.40. The molecule has 9 heteroatoms. The highest BCUT2D eigenvalue weighted by atomic mass is 19.4. The van der Waals surface area contributed by atoms with Crippen molar-refractivity contribution in [1.82, 2.24) is 9.55 Å². The van der Waals surface area contributed by atoms with Crippen LogP contribution in [0.3, 0.4) is 0 Å². The van der Waals surface area contributed by atoms with Crippen LogP contribution in [0.1, 0.15) is 17.8 Å². The van der Waals surface area contributed by atoms with Gasteiger partial charge in [-0.15, -0.1) is 0 Å². The number of carbonyl (C=O) groups excluding carboxylic acids is 1. The number of carbonyl (C=O) groups is 1. The second-order valence-corrected chi connectivity index (χ2v) is 5.41. The Kier molecular flexibility index (Phi) is 4.66. The van der Waals surface area contributed by atoms with Crippen LogP contribution in [-0.4, -0.2) is 26.7 Å². The van der Waals surface area contributed by atoms with E-state index in [4.69, 9.17) is 0 Å². The van der Waals surface area contributed by atoms with Crippen LogP contribution < -0.4 is 5.32 Å². The molecule has 0 radical (unpaired) electrons. The number of halogens is 4. The van der Waals surface area contributed by atoms with Crippen LogP contribution in [-0.2, 0) is 17.4 Å². The van der Waals surface area contributed by atoms with E-state index in [-0.39, 0.29) is 5.69 Å². The van der Waals surface area contributed by atoms with Crippen LogP contribution in [0.5, 0.6) is 0 Å². The van der Waals surface area contributed by atoms with Crippen LogP contribution >= 0.6 is 0 Å². The van der Waals surface area contributed by atoms with Crippen molar-refractivity contribution in [2.45, 2.75) is 25.1 Å². The van der Waals surface area contributed by atoms with Crippen molar-refractivity contribution in [2.24, 2.45) is 7.05 Å². The molecule has 2 aromatic rings. The van der Waals surface area contributed by atoms with E-state index < -0.39 is 35.7 Å². The quantitative estimate of drug-likeness (QED) is 0.837. The molecule has 0 unspecified atom stereocenters. The van der Waals surface area contributed by atoms with Crippen LogP contribution in [0, 0.1) is 12.7 Å². The Morgan fingerprint density at radius 2 is 2.04 bits per heavy atom. The van der Waals surface area contributed by atoms with Crippen molar-refractivity contribution in [2.75, 3.05) is 5.32 Å². The molecule has 24 heavy (non-hydrogen) atoms. The summed E-state index contributed by atoms with van der Waals surface area (Å²) < 4.78 is 54.4. The summed E-state index contributed by atoms with van der Waals surface area (Å²) in [6, 6.07) is 3.71. The molecular weight excluding hydrogens is 330 g/mol. The summed E-state index contributed by atoms with van der Waals surface area (Å²) in [5.41, 5.74) is -3.14. The van der Waals surface area contributed by atoms with Crippen molar-refractivity contribution in [3.8, 4) is 0 Å². The van der Waals surface area contributed by atoms with Crippen LogP contribution in [0.15, 0.2) is 30.6 Å². The molecule has 1 heterocycles. The second-order valence-electron chi connectivity index (χ2n) is 5.41. The van der Waals surface area contributed by atoms with E-state index in [0.717, 1.165) is 16.8 Å². The number of amides is 1. The lowest BCUT2D eigenvalue weighted by molar-refractivity contribution is -0.270. The number of nitrogens with one attached hydrogen (secondary N) is 1. The van der Waals surface area contributed by atoms with E-state index in [2.05, 4.69) is 10.3 Å². The Hall–Kier alpha value is -2.42. The lowest BCUT2D eigenvalue weighted by Gasteiger charge is -2.29. The average Bonchev–Trinajstić information content (AvgIpc) is 2.88. The van der Waals surface area contributed by atoms with Crippen molar-refractivity contribution in [1.29, 1.82) is 0 Å². The number of hydrogen-bond acceptors (Lipinski definition) is 3. The predicted octanol–water partition coefficient (Wildman–Crippen LogP) is 2.65. The first kappa shape index (κ1) is 17.9. The fourth-order valence-electron chi connectivity index (χ4n) is 2.18. The Bertz CT molecular complexity index is 757. The van der Waals surface area contributed by atoms with Crippen molar-refractivity contribution >= 4 is 11.6 Å². The molecule has 130 valence electrons. The largest absolute Gasteiger partial charge is 0.425 e. The minimum Gasteiger partial charge on any atom is -0.374 e. The third-order valence-electron chi connectivity index (χ3n) is 3.53. The number of aliphatic hydroxyl groups is 1. The lowest BCUT2D eigenvalue weighted by atomic mass is 9.97. The summed E-state index contributed by atoms with van der Waals surface area (Å²) in [5, 5.41) is 12.2. The summed E-state index contributed by atoms with van der Waals surface area (Å²) in [6.45, 7) is 1.50. The minimum absolute atomic E-state index is 0.00698. The van der Waals surface area contributed by atoms with Crippen LogP contribution in [0.2, 0.25) is 0 Å². The maximum absolute atomic E-state index is 13.4. The highest BCUT2D eigenvalue weighted by Gasteiger charge is 2.58. The molecule has 2 N–H and O–H groups in total. The van der Waals surface area contributed by atoms with Gasteiger partial charge in [0.05, 0.1) is 6.42 Å². The Morgan fingerprint density at radius 1 is 1.38 bits per heavy atom. The van der Waals surface area contributed by atoms with Gasteiger partial charge in [-0.2, -0.15) is 13.2 Å². The molecule has 1 amide bonds. The first-order valence-electron chi connectivity index (χ1n) is 6.87. The lowest BCUT2D eigenvalue weighted by Crippen LogP contribution is -2.46. The van der Waals surface area contributed by atoms with Gasteiger partial charge < -0.3 is 15.0 Å². The number of alkyl halides is 3. The molecular formula is C15H15F4N3O2. The zero-order chi connectivity index (χ0) is 18.1. The smallest absolute Gasteiger partial charge is 0.374 e. The Balaban J connectivity index is 2.25. The molecule has 5 nitrogen and oxygen atoms in total. The molecule has 0 saturated carbocycles. The van der Waals surface area contributed by atoms with E-state index in [1.54, 1.807) is 0 Å². The average molecular weight is 345 g/mol. The maximum Gasteiger partial charge on any atom is 0.425 e. The fraction of sp³-hybridized carbons (Fsp3) is 0.333. The summed E-state index contributed by atoms with van der Waals surface area (Å²) in [4.78, 5) is 15.4. The first-order valence-corrected chi connectivity index (χ1v) is 6.87. The number of nitrogens with zero attached hydrogens (tertiary/aromatic N) is 2. The minimum atomic E-state index is -5.12. The molecule has 0 aliphatic rings. The highest BCUT2D eigenvalue weighted by molar-refractivity contribution is 5.91. The number of hydrogen-bond donors (Lipinski definition) is 2. The SMILES string of the molecule is Cc1ccc(NC(=O)C[C@@](O)(c2nccn2C)C(F)(F)F)cc1F. The molecule has 1 aromatic heterocycles. The van der Waals surface area contributed by atoms with Gasteiger partial charge in [-0.25, -0.2) is 9.37 Å². The summed E-state index contributed by atoms with van der Waals surface area (Å²) in [6.07, 6.45) is -4.13. The normalized spacial score (nSPS) is 14.3. The molecule has 0 spiro atoms. The summed E-state index contributed by atoms with van der Waals surface area (Å²) >= 11 is 0. The molecule has 1 aromatic carbocycles. The van der Waals surface area contributed by atoms with Crippen molar-refractivity contribution in [3.05, 3.63) is 47.8 Å². The number of benzene rings is 1. The van der Waals surface area contributed by atoms with Gasteiger partial charge in [0.2, 0.25) is 11.5 Å². The van der Waals surface area contributed by atoms with Gasteiger partial charge in [0.1, 0.15) is 5.82 Å². The Labute approximate surface area is 134 Å². The molecule has 0 aliphatic heterocycles. The molecule has 0 bridgehead atoms. The van der Waals surface area contributed by atoms with E-state index in [1.807, 2.05) is 0 Å². The topological polar surface area (TPSA) is 67.2 Å². The van der Waals surface area contributed by atoms with Crippen LogP contribution in [0.4, 0.5) is 23.2 Å². The van der Waals surface area contributed by atoms with Crippen LogP contribution in [0.25, 0.3) is 0 Å². The summed E-state index contributed by atoms with van der Waals surface area (Å²) in [5.74, 6) is -2.44. The zero-order valence-corrected chi connectivity index (χ0v) is 12.9. The fourth-order valence-corrected chi connectivity index (χ4v) is 2.18. The number of aryl methyl sites for hydroxylation is 2. The molecule has 0 saturated heterocycles. The number of rotatable bonds is 4. The van der Waals surface area contributed by atoms with Gasteiger partial charge in [-0.1, -0.05) is 6.07 Å². The van der Waals surface area contributed by atoms with Gasteiger partial charge in [0.15, 0.2) is 5.82 Å². The second kappa shape index (κ2) is 6.23. The maximum atomic E-state index is 13.4. The van der Waals surface area contributed by atoms with Gasteiger partial charge in [-0.3, -0.25) is 4.79 Å². The van der Waals surface area contributed by atoms with E-state index >= 15 is 0 Å². The molecule has 2 rings (SSSR count). The molecule has 0 fully saturated rings. The predicted molar refractivity (Wildman–Crippen MR) is 77.5 cm³/mol. The standard InChI is InChI=1S/C15H15F4N3O2/c1-9-3-4-10(7-11(9)16)21-12(23)8-14(24,15(17,18)19)13-20-5-6-22(13)2/h3-7,24H,8H2,1-2H3,(H,21,23)/t14-/m1/s1. The third-order valence-corrected chi connectivity index (χ3v) is 3.53. The monoisotopic (exact) mass is 345 g/mol. The number of imidazole rings is 1. The van der Waals surface area contributed by atoms with E-state index in [9.17, 15) is 27.5 Å². The number of aromatic nitrogens is 2. The Morgan fingerprint density at radius 3 is 2.54 bits per heavy atom. The van der Waals surface area contributed by atoms with E-state index in [1.165, 1.54) is 32.3 Å². The molecule has 1 atom stereocenters. The number of anilines is 1. The summed E-state index contributed by atoms with van der Waals surface area (Å²) in [7, 11) is 1.27. The van der Waals surface area contributed by atoms with E-state index in [0.29, 0.717) is 5.56 Å². The zero-order valence-electron chi connectivity index (χ0n) is 12.9. The van der Waals surface area contributed by atoms with Crippen molar-refractivity contribution in [3.63, 3.8) is 0 Å². The third kappa shape index (κ3) is 3.40. The van der Waals surface area contributed by atoms with Gasteiger partial charge in [-0.05, 0) is 24.6 Å². The van der Waals surface area contributed by atoms with Crippen molar-refractivity contribution < 1.29 is 27.5 Å². The molecule has 0 aliphatic carbocycles. The van der Waals surface area contributed by atoms with Gasteiger partial charge in [0, 0.05) is 25.1 Å². The first-order chi connectivity index (χ1) is 11.0. The van der Waals surface area contributed by atoms with Gasteiger partial charge in [0.25, 0.3) is 0 Å². The van der Waals surface area contributed by atoms with Gasteiger partial charge >= 0.3 is 6.18 Å².